The van der Waals surface area contributed by atoms with Crippen molar-refractivity contribution in [2.75, 3.05) is 6.61 Å². The van der Waals surface area contributed by atoms with Crippen molar-refractivity contribution in [3.63, 3.8) is 0 Å². The monoisotopic (exact) mass is 281 g/mol. The first-order valence-corrected chi connectivity index (χ1v) is 7.11. The molecule has 0 amide bonds. The number of aliphatic hydroxyl groups excluding tert-OH is 1. The second-order valence-corrected chi connectivity index (χ2v) is 5.95. The van der Waals surface area contributed by atoms with Crippen molar-refractivity contribution in [1.29, 1.82) is 0 Å². The third kappa shape index (κ3) is 2.98. The fourth-order valence-corrected chi connectivity index (χ4v) is 2.37. The van der Waals surface area contributed by atoms with Crippen LogP contribution in [-0.4, -0.2) is 23.2 Å². The van der Waals surface area contributed by atoms with Gasteiger partial charge in [0, 0.05) is 5.56 Å². The average molecular weight is 281 g/mol. The smallest absolute Gasteiger partial charge is 0.216 e. The van der Waals surface area contributed by atoms with E-state index < -0.39 is 0 Å². The van der Waals surface area contributed by atoms with E-state index in [1.165, 1.54) is 0 Å². The van der Waals surface area contributed by atoms with Gasteiger partial charge in [0.05, 0.1) is 12.1 Å². The summed E-state index contributed by atoms with van der Waals surface area (Å²) in [6.07, 6.45) is 0. The van der Waals surface area contributed by atoms with Crippen molar-refractivity contribution in [3.8, 4) is 11.1 Å². The summed E-state index contributed by atoms with van der Waals surface area (Å²) in [5, 5.41) is 9.10. The zero-order chi connectivity index (χ0) is 14.9. The van der Waals surface area contributed by atoms with Gasteiger partial charge in [0.25, 0.3) is 0 Å². The minimum Gasteiger partial charge on any atom is -0.475 e. The van der Waals surface area contributed by atoms with Crippen molar-refractivity contribution >= 4 is 5.90 Å². The van der Waals surface area contributed by atoms with Gasteiger partial charge in [-0.25, -0.2) is 4.99 Å². The van der Waals surface area contributed by atoms with Crippen LogP contribution in [0.2, 0.25) is 0 Å². The van der Waals surface area contributed by atoms with Gasteiger partial charge in [0.15, 0.2) is 0 Å². The zero-order valence-electron chi connectivity index (χ0n) is 12.3. The lowest BCUT2D eigenvalue weighted by atomic mass is 10.0. The Bertz CT molecular complexity index is 672. The largest absolute Gasteiger partial charge is 0.475 e. The minimum absolute atomic E-state index is 0.0695. The fraction of sp³-hybridized carbons (Fsp3) is 0.278. The molecular weight excluding hydrogens is 262 g/mol. The third-order valence-corrected chi connectivity index (χ3v) is 3.55. The molecule has 108 valence electrons. The van der Waals surface area contributed by atoms with E-state index in [4.69, 9.17) is 9.84 Å². The molecule has 0 bridgehead atoms. The molecular formula is C18H19NO2. The first-order valence-electron chi connectivity index (χ1n) is 7.11. The van der Waals surface area contributed by atoms with Gasteiger partial charge in [0.2, 0.25) is 5.90 Å². The van der Waals surface area contributed by atoms with Gasteiger partial charge in [-0.3, -0.25) is 0 Å². The molecule has 0 unspecified atom stereocenters. The summed E-state index contributed by atoms with van der Waals surface area (Å²) in [5.41, 5.74) is 4.01. The molecule has 3 nitrogen and oxygen atoms in total. The number of nitrogens with zero attached hydrogens (tertiary/aromatic N) is 1. The second kappa shape index (κ2) is 5.34. The van der Waals surface area contributed by atoms with Gasteiger partial charge >= 0.3 is 0 Å². The maximum atomic E-state index is 9.10. The van der Waals surface area contributed by atoms with Crippen LogP contribution in [-0.2, 0) is 11.3 Å². The average Bonchev–Trinajstić information content (AvgIpc) is 2.88. The molecule has 1 heterocycles. The lowest BCUT2D eigenvalue weighted by molar-refractivity contribution is 0.279. The first kappa shape index (κ1) is 13.8. The summed E-state index contributed by atoms with van der Waals surface area (Å²) in [6, 6.07) is 16.1. The Morgan fingerprint density at radius 2 is 1.76 bits per heavy atom. The predicted molar refractivity (Wildman–Crippen MR) is 84.4 cm³/mol. The van der Waals surface area contributed by atoms with Gasteiger partial charge < -0.3 is 9.84 Å². The molecule has 0 radical (unpaired) electrons. The number of aliphatic hydroxyl groups is 1. The summed E-state index contributed by atoms with van der Waals surface area (Å²) in [6.45, 7) is 4.83. The van der Waals surface area contributed by atoms with Crippen molar-refractivity contribution < 1.29 is 9.84 Å². The third-order valence-electron chi connectivity index (χ3n) is 3.55. The van der Waals surface area contributed by atoms with Crippen LogP contribution in [0.3, 0.4) is 0 Å². The van der Waals surface area contributed by atoms with Crippen LogP contribution in [0.4, 0.5) is 0 Å². The molecule has 21 heavy (non-hydrogen) atoms. The predicted octanol–water partition coefficient (Wildman–Crippen LogP) is 3.40. The number of benzene rings is 2. The van der Waals surface area contributed by atoms with Crippen LogP contribution >= 0.6 is 0 Å². The van der Waals surface area contributed by atoms with Crippen molar-refractivity contribution in [2.24, 2.45) is 4.99 Å². The van der Waals surface area contributed by atoms with Crippen molar-refractivity contribution in [1.82, 2.24) is 0 Å². The van der Waals surface area contributed by atoms with E-state index in [2.05, 4.69) is 31.0 Å². The van der Waals surface area contributed by atoms with Crippen LogP contribution in [0.15, 0.2) is 53.5 Å². The molecule has 1 aliphatic rings. The van der Waals surface area contributed by atoms with E-state index in [0.717, 1.165) is 22.3 Å². The summed E-state index contributed by atoms with van der Waals surface area (Å²) >= 11 is 0. The molecule has 0 aromatic heterocycles. The minimum atomic E-state index is -0.145. The molecule has 2 aromatic rings. The summed E-state index contributed by atoms with van der Waals surface area (Å²) < 4.78 is 5.70. The molecule has 3 heteroatoms. The Labute approximate surface area is 124 Å². The Balaban J connectivity index is 1.93. The van der Waals surface area contributed by atoms with Gasteiger partial charge in [-0.15, -0.1) is 0 Å². The van der Waals surface area contributed by atoms with Crippen molar-refractivity contribution in [3.05, 3.63) is 59.7 Å². The van der Waals surface area contributed by atoms with Crippen LogP contribution in [0, 0.1) is 0 Å². The number of ether oxygens (including phenoxy) is 1. The zero-order valence-corrected chi connectivity index (χ0v) is 12.3. The highest BCUT2D eigenvalue weighted by molar-refractivity contribution is 5.96. The molecule has 1 N–H and O–H groups in total. The van der Waals surface area contributed by atoms with Crippen molar-refractivity contribution in [2.45, 2.75) is 26.0 Å². The summed E-state index contributed by atoms with van der Waals surface area (Å²) in [4.78, 5) is 4.61. The highest BCUT2D eigenvalue weighted by atomic mass is 16.5. The van der Waals surface area contributed by atoms with Crippen LogP contribution in [0.1, 0.15) is 25.0 Å². The van der Waals surface area contributed by atoms with Crippen LogP contribution < -0.4 is 0 Å². The van der Waals surface area contributed by atoms with Gasteiger partial charge in [-0.05, 0) is 42.7 Å². The Morgan fingerprint density at radius 1 is 1.05 bits per heavy atom. The molecule has 0 aliphatic carbocycles. The molecule has 1 aliphatic heterocycles. The number of hydrogen-bond donors (Lipinski definition) is 1. The van der Waals surface area contributed by atoms with E-state index >= 15 is 0 Å². The lowest BCUT2D eigenvalue weighted by Crippen LogP contribution is -2.17. The van der Waals surface area contributed by atoms with E-state index in [1.54, 1.807) is 0 Å². The normalized spacial score (nSPS) is 16.4. The highest BCUT2D eigenvalue weighted by Crippen LogP contribution is 2.25. The maximum absolute atomic E-state index is 9.10. The molecule has 2 aromatic carbocycles. The Morgan fingerprint density at radius 3 is 2.38 bits per heavy atom. The van der Waals surface area contributed by atoms with E-state index in [1.807, 2.05) is 36.4 Å². The topological polar surface area (TPSA) is 41.8 Å². The van der Waals surface area contributed by atoms with Gasteiger partial charge in [-0.1, -0.05) is 36.4 Å². The van der Waals surface area contributed by atoms with E-state index in [-0.39, 0.29) is 12.1 Å². The van der Waals surface area contributed by atoms with Gasteiger partial charge in [-0.2, -0.15) is 0 Å². The molecule has 0 spiro atoms. The lowest BCUT2D eigenvalue weighted by Gasteiger charge is -2.07. The molecule has 0 saturated carbocycles. The summed E-state index contributed by atoms with van der Waals surface area (Å²) in [5.74, 6) is 0.717. The number of hydrogen-bond acceptors (Lipinski definition) is 3. The highest BCUT2D eigenvalue weighted by Gasteiger charge is 2.26. The summed E-state index contributed by atoms with van der Waals surface area (Å²) in [7, 11) is 0. The molecule has 0 saturated heterocycles. The van der Waals surface area contributed by atoms with Crippen LogP contribution in [0.5, 0.6) is 0 Å². The second-order valence-electron chi connectivity index (χ2n) is 5.95. The standard InChI is InChI=1S/C18H19NO2/c1-18(2)12-21-17(19-18)16-5-3-4-15(10-16)14-8-6-13(11-20)7-9-14/h3-10,20H,11-12H2,1-2H3. The van der Waals surface area contributed by atoms with Crippen LogP contribution in [0.25, 0.3) is 11.1 Å². The Hall–Kier alpha value is -2.13. The maximum Gasteiger partial charge on any atom is 0.216 e. The van der Waals surface area contributed by atoms with Gasteiger partial charge in [0.1, 0.15) is 6.61 Å². The molecule has 3 rings (SSSR count). The number of aliphatic imine (C=N–C) groups is 1. The molecule has 0 atom stereocenters. The molecule has 0 fully saturated rings. The first-order chi connectivity index (χ1) is 10.1. The Kier molecular flexibility index (Phi) is 3.52. The number of rotatable bonds is 3. The van der Waals surface area contributed by atoms with E-state index in [0.29, 0.717) is 12.5 Å². The quantitative estimate of drug-likeness (QED) is 0.937. The van der Waals surface area contributed by atoms with E-state index in [9.17, 15) is 0 Å². The SMILES string of the molecule is CC1(C)COC(c2cccc(-c3ccc(CO)cc3)c2)=N1. The fourth-order valence-electron chi connectivity index (χ4n) is 2.37.